The minimum atomic E-state index is -0.275. The zero-order valence-electron chi connectivity index (χ0n) is 9.81. The van der Waals surface area contributed by atoms with Crippen LogP contribution in [0.15, 0.2) is 16.6 Å². The molecule has 94 valence electrons. The van der Waals surface area contributed by atoms with Crippen molar-refractivity contribution in [1.29, 1.82) is 0 Å². The molecule has 0 heterocycles. The van der Waals surface area contributed by atoms with Gasteiger partial charge in [-0.2, -0.15) is 0 Å². The van der Waals surface area contributed by atoms with Crippen molar-refractivity contribution >= 4 is 27.3 Å². The van der Waals surface area contributed by atoms with Gasteiger partial charge in [-0.15, -0.1) is 0 Å². The summed E-state index contributed by atoms with van der Waals surface area (Å²) in [6.07, 6.45) is 6.55. The van der Waals surface area contributed by atoms with Gasteiger partial charge in [0.05, 0.1) is 15.8 Å². The number of rotatable bonds is 4. The summed E-state index contributed by atoms with van der Waals surface area (Å²) in [6, 6.07) is 3.06. The van der Waals surface area contributed by atoms with Crippen molar-refractivity contribution in [3.05, 3.63) is 22.4 Å². The topological polar surface area (TPSA) is 38.0 Å². The summed E-state index contributed by atoms with van der Waals surface area (Å²) in [5.41, 5.74) is 7.11. The molecule has 2 nitrogen and oxygen atoms in total. The zero-order valence-corrected chi connectivity index (χ0v) is 11.4. The van der Waals surface area contributed by atoms with Crippen molar-refractivity contribution in [3.8, 4) is 0 Å². The van der Waals surface area contributed by atoms with E-state index in [1.165, 1.54) is 31.7 Å². The number of hydrogen-bond donors (Lipinski definition) is 2. The third kappa shape index (κ3) is 3.35. The molecule has 0 bridgehead atoms. The van der Waals surface area contributed by atoms with Gasteiger partial charge in [-0.3, -0.25) is 0 Å². The van der Waals surface area contributed by atoms with Gasteiger partial charge in [0.25, 0.3) is 0 Å². The summed E-state index contributed by atoms with van der Waals surface area (Å²) in [4.78, 5) is 0. The van der Waals surface area contributed by atoms with Crippen molar-refractivity contribution in [1.82, 2.24) is 0 Å². The Hall–Kier alpha value is -0.770. The molecule has 1 saturated carbocycles. The third-order valence-electron chi connectivity index (χ3n) is 3.44. The highest BCUT2D eigenvalue weighted by atomic mass is 79.9. The van der Waals surface area contributed by atoms with E-state index in [1.54, 1.807) is 6.07 Å². The van der Waals surface area contributed by atoms with Crippen LogP contribution in [-0.4, -0.2) is 6.54 Å². The summed E-state index contributed by atoms with van der Waals surface area (Å²) in [5, 5.41) is 3.22. The van der Waals surface area contributed by atoms with E-state index in [0.29, 0.717) is 15.8 Å². The first kappa shape index (κ1) is 12.7. The second-order valence-corrected chi connectivity index (χ2v) is 5.57. The third-order valence-corrected chi connectivity index (χ3v) is 4.04. The van der Waals surface area contributed by atoms with Crippen molar-refractivity contribution in [3.63, 3.8) is 0 Å². The standard InChI is InChI=1S/C13H18BrFN2/c14-10-7-12(16)13(8-11(10)15)17-6-5-9-3-1-2-4-9/h7-9,17H,1-6,16H2. The van der Waals surface area contributed by atoms with Crippen LogP contribution in [0.2, 0.25) is 0 Å². The highest BCUT2D eigenvalue weighted by molar-refractivity contribution is 9.10. The lowest BCUT2D eigenvalue weighted by Crippen LogP contribution is -2.08. The second-order valence-electron chi connectivity index (χ2n) is 4.72. The van der Waals surface area contributed by atoms with Crippen LogP contribution in [0.3, 0.4) is 0 Å². The normalized spacial score (nSPS) is 16.4. The van der Waals surface area contributed by atoms with Gasteiger partial charge >= 0.3 is 0 Å². The summed E-state index contributed by atoms with van der Waals surface area (Å²) in [7, 11) is 0. The Kier molecular flexibility index (Phi) is 4.26. The number of nitrogen functional groups attached to an aromatic ring is 1. The molecule has 1 aromatic rings. The first-order chi connectivity index (χ1) is 8.16. The molecule has 4 heteroatoms. The van der Waals surface area contributed by atoms with E-state index in [1.807, 2.05) is 0 Å². The van der Waals surface area contributed by atoms with Gasteiger partial charge < -0.3 is 11.1 Å². The van der Waals surface area contributed by atoms with Gasteiger partial charge in [-0.05, 0) is 34.3 Å². The number of benzene rings is 1. The Morgan fingerprint density at radius 2 is 2.06 bits per heavy atom. The van der Waals surface area contributed by atoms with Crippen LogP contribution in [0.5, 0.6) is 0 Å². The number of hydrogen-bond acceptors (Lipinski definition) is 2. The van der Waals surface area contributed by atoms with E-state index in [-0.39, 0.29) is 5.82 Å². The molecule has 1 aromatic carbocycles. The fourth-order valence-corrected chi connectivity index (χ4v) is 2.79. The first-order valence-electron chi connectivity index (χ1n) is 6.15. The average Bonchev–Trinajstić information content (AvgIpc) is 2.78. The van der Waals surface area contributed by atoms with E-state index in [0.717, 1.165) is 18.9 Å². The van der Waals surface area contributed by atoms with Crippen LogP contribution in [0.1, 0.15) is 32.1 Å². The summed E-state index contributed by atoms with van der Waals surface area (Å²) >= 11 is 3.12. The number of nitrogens with two attached hydrogens (primary N) is 1. The summed E-state index contributed by atoms with van der Waals surface area (Å²) < 4.78 is 13.8. The largest absolute Gasteiger partial charge is 0.397 e. The maximum atomic E-state index is 13.3. The Morgan fingerprint density at radius 1 is 1.35 bits per heavy atom. The molecule has 1 aliphatic rings. The van der Waals surface area contributed by atoms with Crippen molar-refractivity contribution < 1.29 is 4.39 Å². The van der Waals surface area contributed by atoms with Crippen molar-refractivity contribution in [2.75, 3.05) is 17.6 Å². The van der Waals surface area contributed by atoms with Crippen LogP contribution in [-0.2, 0) is 0 Å². The first-order valence-corrected chi connectivity index (χ1v) is 6.94. The van der Waals surface area contributed by atoms with E-state index >= 15 is 0 Å². The molecule has 2 rings (SSSR count). The molecule has 0 saturated heterocycles. The second kappa shape index (κ2) is 5.71. The molecule has 0 spiro atoms. The van der Waals surface area contributed by atoms with Gasteiger partial charge in [-0.25, -0.2) is 4.39 Å². The molecule has 17 heavy (non-hydrogen) atoms. The Bertz CT molecular complexity index is 389. The van der Waals surface area contributed by atoms with Crippen molar-refractivity contribution in [2.24, 2.45) is 5.92 Å². The number of nitrogens with one attached hydrogen (secondary N) is 1. The lowest BCUT2D eigenvalue weighted by Gasteiger charge is -2.13. The van der Waals surface area contributed by atoms with Gasteiger partial charge in [-0.1, -0.05) is 25.7 Å². The molecule has 3 N–H and O–H groups in total. The summed E-state index contributed by atoms with van der Waals surface area (Å²) in [5.74, 6) is 0.562. The van der Waals surface area contributed by atoms with Crippen LogP contribution < -0.4 is 11.1 Å². The minimum Gasteiger partial charge on any atom is -0.397 e. The fraction of sp³-hybridized carbons (Fsp3) is 0.538. The maximum Gasteiger partial charge on any atom is 0.139 e. The fourth-order valence-electron chi connectivity index (χ4n) is 2.43. The predicted molar refractivity (Wildman–Crippen MR) is 73.6 cm³/mol. The number of anilines is 2. The molecular weight excluding hydrogens is 283 g/mol. The SMILES string of the molecule is Nc1cc(Br)c(F)cc1NCCC1CCCC1. The quantitative estimate of drug-likeness (QED) is 0.819. The van der Waals surface area contributed by atoms with Crippen LogP contribution >= 0.6 is 15.9 Å². The van der Waals surface area contributed by atoms with Crippen molar-refractivity contribution in [2.45, 2.75) is 32.1 Å². The minimum absolute atomic E-state index is 0.275. The van der Waals surface area contributed by atoms with Gasteiger partial charge in [0.1, 0.15) is 5.82 Å². The van der Waals surface area contributed by atoms with Crippen LogP contribution in [0.25, 0.3) is 0 Å². The predicted octanol–water partition coefficient (Wildman–Crippen LogP) is 4.16. The molecule has 0 unspecified atom stereocenters. The Morgan fingerprint density at radius 3 is 2.76 bits per heavy atom. The van der Waals surface area contributed by atoms with E-state index < -0.39 is 0 Å². The maximum absolute atomic E-state index is 13.3. The smallest absolute Gasteiger partial charge is 0.139 e. The molecule has 0 aliphatic heterocycles. The lowest BCUT2D eigenvalue weighted by atomic mass is 10.0. The van der Waals surface area contributed by atoms with Gasteiger partial charge in [0.2, 0.25) is 0 Å². The lowest BCUT2D eigenvalue weighted by molar-refractivity contribution is 0.518. The molecule has 0 amide bonds. The van der Waals surface area contributed by atoms with Gasteiger partial charge in [0.15, 0.2) is 0 Å². The summed E-state index contributed by atoms with van der Waals surface area (Å²) in [6.45, 7) is 0.871. The molecule has 1 fully saturated rings. The monoisotopic (exact) mass is 300 g/mol. The Balaban J connectivity index is 1.87. The van der Waals surface area contributed by atoms with E-state index in [4.69, 9.17) is 5.73 Å². The highest BCUT2D eigenvalue weighted by Crippen LogP contribution is 2.29. The zero-order chi connectivity index (χ0) is 12.3. The molecular formula is C13H18BrFN2. The van der Waals surface area contributed by atoms with Crippen LogP contribution in [0, 0.1) is 11.7 Å². The van der Waals surface area contributed by atoms with Gasteiger partial charge in [0, 0.05) is 12.6 Å². The average molecular weight is 301 g/mol. The van der Waals surface area contributed by atoms with Crippen LogP contribution in [0.4, 0.5) is 15.8 Å². The molecule has 0 radical (unpaired) electrons. The van der Waals surface area contributed by atoms with E-state index in [9.17, 15) is 4.39 Å². The number of halogens is 2. The Labute approximate surface area is 110 Å². The highest BCUT2D eigenvalue weighted by Gasteiger charge is 2.14. The van der Waals surface area contributed by atoms with E-state index in [2.05, 4.69) is 21.2 Å². The molecule has 0 aromatic heterocycles. The molecule has 0 atom stereocenters. The molecule has 1 aliphatic carbocycles.